The van der Waals surface area contributed by atoms with Crippen LogP contribution in [0.1, 0.15) is 33.1 Å². The zero-order valence-corrected chi connectivity index (χ0v) is 11.6. The lowest BCUT2D eigenvalue weighted by Crippen LogP contribution is -2.43. The Bertz CT molecular complexity index is 535. The van der Waals surface area contributed by atoms with Crippen LogP contribution in [0, 0.1) is 22.7 Å². The van der Waals surface area contributed by atoms with Crippen molar-refractivity contribution in [2.24, 2.45) is 22.7 Å². The van der Waals surface area contributed by atoms with Crippen molar-refractivity contribution in [2.75, 3.05) is 0 Å². The molecule has 0 aromatic rings. The molecule has 3 unspecified atom stereocenters. The molecular weight excluding hydrogens is 289 g/mol. The molecule has 0 aromatic carbocycles. The van der Waals surface area contributed by atoms with Gasteiger partial charge in [0.1, 0.15) is 0 Å². The summed E-state index contributed by atoms with van der Waals surface area (Å²) < 4.78 is 38.0. The minimum atomic E-state index is -5.07. The van der Waals surface area contributed by atoms with Gasteiger partial charge in [0.25, 0.3) is 0 Å². The molecule has 21 heavy (non-hydrogen) atoms. The molecule has 2 bridgehead atoms. The van der Waals surface area contributed by atoms with Crippen LogP contribution in [0.3, 0.4) is 0 Å². The van der Waals surface area contributed by atoms with Crippen molar-refractivity contribution < 1.29 is 32.3 Å². The number of hydrogen-bond acceptors (Lipinski definition) is 4. The molecule has 0 aliphatic heterocycles. The second-order valence-corrected chi connectivity index (χ2v) is 6.41. The molecule has 116 valence electrons. The average Bonchev–Trinajstić information content (AvgIpc) is 2.69. The number of Topliss-reactive ketones (excluding diaryl/α,β-unsaturated/α-hetero) is 3. The normalized spacial score (nSPS) is 34.0. The van der Waals surface area contributed by atoms with Gasteiger partial charge in [0.15, 0.2) is 17.9 Å². The third-order valence-electron chi connectivity index (χ3n) is 5.37. The molecule has 0 amide bonds. The molecule has 0 heterocycles. The van der Waals surface area contributed by atoms with Gasteiger partial charge < -0.3 is 0 Å². The predicted molar refractivity (Wildman–Crippen MR) is 64.2 cm³/mol. The molecule has 0 aromatic heterocycles. The van der Waals surface area contributed by atoms with Gasteiger partial charge in [-0.3, -0.25) is 19.2 Å². The lowest BCUT2D eigenvalue weighted by Gasteiger charge is -2.35. The van der Waals surface area contributed by atoms with Crippen LogP contribution in [0.5, 0.6) is 0 Å². The molecule has 0 N–H and O–H groups in total. The molecule has 4 nitrogen and oxygen atoms in total. The Kier molecular flexibility index (Phi) is 3.38. The second-order valence-electron chi connectivity index (χ2n) is 6.41. The summed E-state index contributed by atoms with van der Waals surface area (Å²) in [4.78, 5) is 46.0. The third kappa shape index (κ3) is 1.97. The van der Waals surface area contributed by atoms with E-state index >= 15 is 0 Å². The molecule has 0 radical (unpaired) electrons. The summed E-state index contributed by atoms with van der Waals surface area (Å²) in [5, 5.41) is 0. The Hall–Kier alpha value is -1.53. The number of aldehydes is 1. The van der Waals surface area contributed by atoms with E-state index in [1.165, 1.54) is 0 Å². The first-order valence-electron chi connectivity index (χ1n) is 6.62. The Labute approximate surface area is 119 Å². The zero-order chi connectivity index (χ0) is 16.2. The van der Waals surface area contributed by atoms with Crippen LogP contribution >= 0.6 is 0 Å². The number of carbonyl (C=O) groups is 4. The number of hydrogen-bond donors (Lipinski definition) is 0. The molecule has 3 atom stereocenters. The summed E-state index contributed by atoms with van der Waals surface area (Å²) >= 11 is 0. The molecular formula is C14H15F3O4. The fourth-order valence-electron chi connectivity index (χ4n) is 4.16. The summed E-state index contributed by atoms with van der Waals surface area (Å²) in [5.74, 6) is -6.17. The van der Waals surface area contributed by atoms with Crippen molar-refractivity contribution in [2.45, 2.75) is 39.3 Å². The maximum absolute atomic E-state index is 12.7. The lowest BCUT2D eigenvalue weighted by molar-refractivity contribution is -0.178. The molecule has 2 saturated carbocycles. The number of rotatable bonds is 4. The van der Waals surface area contributed by atoms with Gasteiger partial charge in [0.2, 0.25) is 5.78 Å². The van der Waals surface area contributed by atoms with Crippen molar-refractivity contribution in [1.82, 2.24) is 0 Å². The quantitative estimate of drug-likeness (QED) is 0.452. The molecule has 2 rings (SSSR count). The molecule has 2 fully saturated rings. The van der Waals surface area contributed by atoms with Crippen LogP contribution < -0.4 is 0 Å². The first-order valence-corrected chi connectivity index (χ1v) is 6.62. The molecule has 0 spiro atoms. The largest absolute Gasteiger partial charge is 0.450 e. The molecule has 7 heteroatoms. The topological polar surface area (TPSA) is 68.3 Å². The van der Waals surface area contributed by atoms with Gasteiger partial charge in [-0.15, -0.1) is 0 Å². The van der Waals surface area contributed by atoms with Crippen LogP contribution in [-0.2, 0) is 19.2 Å². The maximum Gasteiger partial charge on any atom is 0.450 e. The molecule has 2 aliphatic carbocycles. The summed E-state index contributed by atoms with van der Waals surface area (Å²) in [6.45, 7) is 3.20. The summed E-state index contributed by atoms with van der Waals surface area (Å²) in [5.41, 5.74) is -2.24. The van der Waals surface area contributed by atoms with Crippen molar-refractivity contribution in [3.8, 4) is 0 Å². The number of halogens is 3. The summed E-state index contributed by atoms with van der Waals surface area (Å²) in [6.07, 6.45) is -4.90. The minimum Gasteiger partial charge on any atom is -0.298 e. The van der Waals surface area contributed by atoms with Crippen LogP contribution in [0.2, 0.25) is 0 Å². The standard InChI is InChI=1S/C14H15F3O4/c1-12(2)8-3-4-13(12,5-7(19)6-18)10(20)9(8)11(21)14(15,16)17/h6,8-9H,3-5H2,1-2H3. The smallest absolute Gasteiger partial charge is 0.298 e. The van der Waals surface area contributed by atoms with Crippen molar-refractivity contribution in [3.63, 3.8) is 0 Å². The third-order valence-corrected chi connectivity index (χ3v) is 5.37. The van der Waals surface area contributed by atoms with Crippen molar-refractivity contribution in [1.29, 1.82) is 0 Å². The lowest BCUT2D eigenvalue weighted by atomic mass is 9.66. The highest BCUT2D eigenvalue weighted by Gasteiger charge is 2.72. The average molecular weight is 304 g/mol. The minimum absolute atomic E-state index is 0.0738. The van der Waals surface area contributed by atoms with E-state index in [2.05, 4.69) is 0 Å². The van der Waals surface area contributed by atoms with Crippen LogP contribution in [0.25, 0.3) is 0 Å². The second kappa shape index (κ2) is 4.48. The maximum atomic E-state index is 12.7. The monoisotopic (exact) mass is 304 g/mol. The van der Waals surface area contributed by atoms with E-state index < -0.39 is 52.6 Å². The fraction of sp³-hybridized carbons (Fsp3) is 0.714. The SMILES string of the molecule is CC1(C)C2CCC1(CC(=O)C=O)C(=O)C2C(=O)C(F)(F)F. The summed E-state index contributed by atoms with van der Waals surface area (Å²) in [7, 11) is 0. The first kappa shape index (κ1) is 15.9. The molecule has 0 saturated heterocycles. The van der Waals surface area contributed by atoms with Gasteiger partial charge in [-0.05, 0) is 24.2 Å². The van der Waals surface area contributed by atoms with Gasteiger partial charge in [0, 0.05) is 11.8 Å². The van der Waals surface area contributed by atoms with E-state index in [1.54, 1.807) is 13.8 Å². The van der Waals surface area contributed by atoms with E-state index in [9.17, 15) is 32.3 Å². The van der Waals surface area contributed by atoms with Gasteiger partial charge in [-0.25, -0.2) is 0 Å². The van der Waals surface area contributed by atoms with Crippen LogP contribution in [0.4, 0.5) is 13.2 Å². The number of ketones is 3. The van der Waals surface area contributed by atoms with Gasteiger partial charge in [-0.2, -0.15) is 13.2 Å². The van der Waals surface area contributed by atoms with E-state index in [-0.39, 0.29) is 19.1 Å². The van der Waals surface area contributed by atoms with Gasteiger partial charge in [-0.1, -0.05) is 13.8 Å². The highest BCUT2D eigenvalue weighted by Crippen LogP contribution is 2.68. The zero-order valence-electron chi connectivity index (χ0n) is 11.6. The van der Waals surface area contributed by atoms with Crippen molar-refractivity contribution in [3.05, 3.63) is 0 Å². The van der Waals surface area contributed by atoms with Gasteiger partial charge >= 0.3 is 6.18 Å². The Balaban J connectivity index is 2.45. The number of fused-ring (bicyclic) bond motifs is 2. The van der Waals surface area contributed by atoms with E-state index in [0.717, 1.165) is 0 Å². The van der Waals surface area contributed by atoms with Crippen molar-refractivity contribution >= 4 is 23.6 Å². The fourth-order valence-corrected chi connectivity index (χ4v) is 4.16. The van der Waals surface area contributed by atoms with E-state index in [0.29, 0.717) is 0 Å². The first-order chi connectivity index (χ1) is 9.49. The highest BCUT2D eigenvalue weighted by atomic mass is 19.4. The molecule has 2 aliphatic rings. The van der Waals surface area contributed by atoms with Gasteiger partial charge in [0.05, 0.1) is 5.92 Å². The van der Waals surface area contributed by atoms with Crippen LogP contribution in [0.15, 0.2) is 0 Å². The van der Waals surface area contributed by atoms with E-state index in [1.807, 2.05) is 0 Å². The number of carbonyl (C=O) groups excluding carboxylic acids is 4. The van der Waals surface area contributed by atoms with E-state index in [4.69, 9.17) is 0 Å². The predicted octanol–water partition coefficient (Wildman–Crippen LogP) is 1.90. The van der Waals surface area contributed by atoms with Crippen LogP contribution in [-0.4, -0.2) is 29.8 Å². The Morgan fingerprint density at radius 2 is 1.90 bits per heavy atom. The summed E-state index contributed by atoms with van der Waals surface area (Å²) in [6, 6.07) is 0. The number of alkyl halides is 3. The Morgan fingerprint density at radius 3 is 2.38 bits per heavy atom. The Morgan fingerprint density at radius 1 is 1.33 bits per heavy atom. The highest BCUT2D eigenvalue weighted by molar-refractivity contribution is 6.26.